The minimum atomic E-state index is -2.60. The van der Waals surface area contributed by atoms with Crippen molar-refractivity contribution in [1.29, 1.82) is 0 Å². The molecule has 1 saturated heterocycles. The molecule has 7 nitrogen and oxygen atoms in total. The van der Waals surface area contributed by atoms with Gasteiger partial charge >= 0.3 is 6.09 Å². The minimum Gasteiger partial charge on any atom is -0.444 e. The van der Waals surface area contributed by atoms with Gasteiger partial charge in [0.2, 0.25) is 0 Å². The molecule has 0 saturated carbocycles. The number of thiazole rings is 1. The third kappa shape index (κ3) is 4.38. The number of carbonyl (C=O) groups is 1. The molecule has 0 bridgehead atoms. The van der Waals surface area contributed by atoms with Crippen LogP contribution in [0.2, 0.25) is 0 Å². The van der Waals surface area contributed by atoms with Gasteiger partial charge < -0.3 is 9.64 Å². The standard InChI is InChI=1S/C24H27F2N5O2S/c1-24(2,3)33-23(32)30-7-5-14(6-8-30)18-12-31-13-19(34-22(31)27-18)15-9-16-11-29(4)28-20(16)17(10-15)21(25)26/h9-14,21H,5-8H2,1-4H3. The number of amides is 1. The first-order valence-electron chi connectivity index (χ1n) is 11.3. The number of piperidine rings is 1. The topological polar surface area (TPSA) is 64.7 Å². The molecule has 180 valence electrons. The van der Waals surface area contributed by atoms with Crippen LogP contribution in [0.3, 0.4) is 0 Å². The van der Waals surface area contributed by atoms with Crippen LogP contribution in [-0.2, 0) is 11.8 Å². The van der Waals surface area contributed by atoms with E-state index in [9.17, 15) is 13.6 Å². The van der Waals surface area contributed by atoms with Crippen LogP contribution in [0.1, 0.15) is 57.2 Å². The fraction of sp³-hybridized carbons (Fsp3) is 0.458. The summed E-state index contributed by atoms with van der Waals surface area (Å²) < 4.78 is 36.3. The smallest absolute Gasteiger partial charge is 0.410 e. The van der Waals surface area contributed by atoms with Crippen LogP contribution in [0, 0.1) is 0 Å². The highest BCUT2D eigenvalue weighted by Crippen LogP contribution is 2.37. The Morgan fingerprint density at radius 1 is 1.18 bits per heavy atom. The number of rotatable bonds is 3. The van der Waals surface area contributed by atoms with Gasteiger partial charge in [-0.2, -0.15) is 5.10 Å². The SMILES string of the molecule is Cn1cc2cc(-c3cn4cc(C5CCN(C(=O)OC(C)(C)C)CC5)nc4s3)cc(C(F)F)c2n1. The van der Waals surface area contributed by atoms with Gasteiger partial charge in [0.25, 0.3) is 6.43 Å². The summed E-state index contributed by atoms with van der Waals surface area (Å²) in [4.78, 5) is 20.6. The van der Waals surface area contributed by atoms with Crippen molar-refractivity contribution in [2.75, 3.05) is 13.1 Å². The molecule has 4 heterocycles. The molecule has 0 radical (unpaired) electrons. The van der Waals surface area contributed by atoms with Crippen molar-refractivity contribution in [2.45, 2.75) is 51.6 Å². The molecule has 0 spiro atoms. The van der Waals surface area contributed by atoms with E-state index < -0.39 is 12.0 Å². The number of likely N-dealkylation sites (tertiary alicyclic amines) is 1. The fourth-order valence-corrected chi connectivity index (χ4v) is 5.38. The molecule has 34 heavy (non-hydrogen) atoms. The monoisotopic (exact) mass is 487 g/mol. The lowest BCUT2D eigenvalue weighted by atomic mass is 9.94. The highest BCUT2D eigenvalue weighted by Gasteiger charge is 2.29. The Labute approximate surface area is 199 Å². The minimum absolute atomic E-state index is 0.0587. The second-order valence-electron chi connectivity index (χ2n) is 9.80. The molecule has 1 aliphatic rings. The molecule has 3 aromatic heterocycles. The van der Waals surface area contributed by atoms with Crippen LogP contribution < -0.4 is 0 Å². The van der Waals surface area contributed by atoms with Crippen molar-refractivity contribution in [3.8, 4) is 10.4 Å². The number of aryl methyl sites for hydroxylation is 1. The number of fused-ring (bicyclic) bond motifs is 2. The number of hydrogen-bond donors (Lipinski definition) is 0. The Hall–Kier alpha value is -3.01. The molecule has 4 aromatic rings. The first-order chi connectivity index (χ1) is 16.1. The summed E-state index contributed by atoms with van der Waals surface area (Å²) in [5.74, 6) is 0.270. The molecule has 1 aromatic carbocycles. The summed E-state index contributed by atoms with van der Waals surface area (Å²) in [7, 11) is 1.73. The summed E-state index contributed by atoms with van der Waals surface area (Å²) in [6.45, 7) is 6.88. The van der Waals surface area contributed by atoms with E-state index in [1.165, 1.54) is 17.4 Å². The number of imidazole rings is 1. The Bertz CT molecular complexity index is 1330. The highest BCUT2D eigenvalue weighted by molar-refractivity contribution is 7.20. The van der Waals surface area contributed by atoms with Gasteiger partial charge in [-0.25, -0.2) is 18.6 Å². The molecule has 10 heteroatoms. The van der Waals surface area contributed by atoms with Crippen LogP contribution in [-0.4, -0.2) is 48.8 Å². The quantitative estimate of drug-likeness (QED) is 0.355. The summed E-state index contributed by atoms with van der Waals surface area (Å²) in [6, 6.07) is 3.42. The average Bonchev–Trinajstić information content (AvgIpc) is 3.43. The van der Waals surface area contributed by atoms with Crippen LogP contribution in [0.5, 0.6) is 0 Å². The average molecular weight is 488 g/mol. The van der Waals surface area contributed by atoms with Gasteiger partial charge in [0.1, 0.15) is 11.1 Å². The molecular formula is C24H27F2N5O2S. The van der Waals surface area contributed by atoms with Crippen molar-refractivity contribution < 1.29 is 18.3 Å². The van der Waals surface area contributed by atoms with Gasteiger partial charge in [-0.05, 0) is 51.3 Å². The van der Waals surface area contributed by atoms with Crippen molar-refractivity contribution in [3.63, 3.8) is 0 Å². The van der Waals surface area contributed by atoms with E-state index in [0.29, 0.717) is 24.0 Å². The van der Waals surface area contributed by atoms with E-state index in [1.807, 2.05) is 43.6 Å². The zero-order valence-electron chi connectivity index (χ0n) is 19.6. The number of nitrogens with zero attached hydrogens (tertiary/aromatic N) is 5. The second kappa shape index (κ2) is 8.33. The molecule has 5 rings (SSSR count). The van der Waals surface area contributed by atoms with Crippen LogP contribution in [0.25, 0.3) is 26.3 Å². The Morgan fingerprint density at radius 2 is 1.91 bits per heavy atom. The number of aromatic nitrogens is 4. The van der Waals surface area contributed by atoms with Gasteiger partial charge in [0.05, 0.1) is 10.6 Å². The molecule has 0 unspecified atom stereocenters. The van der Waals surface area contributed by atoms with Crippen LogP contribution >= 0.6 is 11.3 Å². The van der Waals surface area contributed by atoms with E-state index in [4.69, 9.17) is 9.72 Å². The van der Waals surface area contributed by atoms with E-state index in [2.05, 4.69) is 5.10 Å². The third-order valence-electron chi connectivity index (χ3n) is 6.01. The largest absolute Gasteiger partial charge is 0.444 e. The highest BCUT2D eigenvalue weighted by atomic mass is 32.1. The molecule has 0 atom stereocenters. The lowest BCUT2D eigenvalue weighted by Crippen LogP contribution is -2.41. The maximum absolute atomic E-state index is 13.7. The molecule has 1 fully saturated rings. The number of benzene rings is 1. The van der Waals surface area contributed by atoms with E-state index in [0.717, 1.165) is 33.9 Å². The van der Waals surface area contributed by atoms with Crippen molar-refractivity contribution in [1.82, 2.24) is 24.1 Å². The Morgan fingerprint density at radius 3 is 2.56 bits per heavy atom. The molecular weight excluding hydrogens is 460 g/mol. The first kappa shape index (κ1) is 22.8. The van der Waals surface area contributed by atoms with Gasteiger partial charge in [-0.3, -0.25) is 9.08 Å². The predicted molar refractivity (Wildman–Crippen MR) is 128 cm³/mol. The first-order valence-corrected chi connectivity index (χ1v) is 12.1. The maximum atomic E-state index is 13.7. The summed E-state index contributed by atoms with van der Waals surface area (Å²) in [6.07, 6.45) is 4.50. The third-order valence-corrected chi connectivity index (χ3v) is 7.06. The molecule has 1 aliphatic heterocycles. The summed E-state index contributed by atoms with van der Waals surface area (Å²) in [5, 5.41) is 4.88. The number of halogens is 2. The zero-order valence-corrected chi connectivity index (χ0v) is 20.4. The molecule has 0 aliphatic carbocycles. The Balaban J connectivity index is 1.34. The Kier molecular flexibility index (Phi) is 5.58. The van der Waals surface area contributed by atoms with E-state index in [1.54, 1.807) is 22.8 Å². The summed E-state index contributed by atoms with van der Waals surface area (Å²) >= 11 is 1.48. The molecule has 0 N–H and O–H groups in total. The van der Waals surface area contributed by atoms with Gasteiger partial charge in [-0.15, -0.1) is 0 Å². The lowest BCUT2D eigenvalue weighted by Gasteiger charge is -2.32. The van der Waals surface area contributed by atoms with Crippen molar-refractivity contribution in [3.05, 3.63) is 42.0 Å². The normalized spacial score (nSPS) is 15.7. The number of ether oxygens (including phenoxy) is 1. The van der Waals surface area contributed by atoms with Gasteiger partial charge in [0.15, 0.2) is 4.96 Å². The number of alkyl halides is 2. The van der Waals surface area contributed by atoms with Gasteiger partial charge in [-0.1, -0.05) is 11.3 Å². The second-order valence-corrected chi connectivity index (χ2v) is 10.8. The van der Waals surface area contributed by atoms with Crippen LogP contribution in [0.4, 0.5) is 13.6 Å². The fourth-order valence-electron chi connectivity index (χ4n) is 4.42. The van der Waals surface area contributed by atoms with Crippen molar-refractivity contribution >= 4 is 33.3 Å². The lowest BCUT2D eigenvalue weighted by molar-refractivity contribution is 0.0204. The number of carbonyl (C=O) groups excluding carboxylic acids is 1. The zero-order chi connectivity index (χ0) is 24.2. The maximum Gasteiger partial charge on any atom is 0.410 e. The number of hydrogen-bond acceptors (Lipinski definition) is 5. The van der Waals surface area contributed by atoms with Crippen molar-refractivity contribution in [2.24, 2.45) is 7.05 Å². The van der Waals surface area contributed by atoms with E-state index in [-0.39, 0.29) is 17.6 Å². The van der Waals surface area contributed by atoms with Crippen LogP contribution in [0.15, 0.2) is 30.7 Å². The van der Waals surface area contributed by atoms with E-state index >= 15 is 0 Å². The van der Waals surface area contributed by atoms with Gasteiger partial charge in [0, 0.05) is 55.6 Å². The predicted octanol–water partition coefficient (Wildman–Crippen LogP) is 6.00. The molecule has 1 amide bonds. The summed E-state index contributed by atoms with van der Waals surface area (Å²) in [5.41, 5.74) is 1.51.